The maximum Gasteiger partial charge on any atom is 0.293 e. The first kappa shape index (κ1) is 19.6. The van der Waals surface area contributed by atoms with Gasteiger partial charge in [0.1, 0.15) is 36.6 Å². The van der Waals surface area contributed by atoms with Gasteiger partial charge in [-0.15, -0.1) is 0 Å². The standard InChI is InChI=1S/C20H23N3O5/c1-27-17-3-5-18(6-4-17)28-13-12-21-8-10-22(11-9-21)19-7-2-16(15-24)14-20(19)23(25)26/h2-7,14-15H,8-13H2,1H3/p+1. The van der Waals surface area contributed by atoms with Crippen molar-refractivity contribution in [3.8, 4) is 11.5 Å². The van der Waals surface area contributed by atoms with Gasteiger partial charge in [0.2, 0.25) is 0 Å². The number of nitrogens with zero attached hydrogens (tertiary/aromatic N) is 2. The summed E-state index contributed by atoms with van der Waals surface area (Å²) in [4.78, 5) is 25.2. The molecule has 1 fully saturated rings. The van der Waals surface area contributed by atoms with Crippen molar-refractivity contribution in [3.05, 3.63) is 58.1 Å². The van der Waals surface area contributed by atoms with E-state index >= 15 is 0 Å². The molecule has 1 aliphatic rings. The highest BCUT2D eigenvalue weighted by atomic mass is 16.6. The molecule has 8 heteroatoms. The van der Waals surface area contributed by atoms with Crippen LogP contribution in [-0.2, 0) is 0 Å². The van der Waals surface area contributed by atoms with Gasteiger partial charge in [0.05, 0.1) is 38.2 Å². The van der Waals surface area contributed by atoms with E-state index in [1.807, 2.05) is 29.2 Å². The summed E-state index contributed by atoms with van der Waals surface area (Å²) in [6, 6.07) is 12.1. The van der Waals surface area contributed by atoms with Crippen LogP contribution in [0.5, 0.6) is 11.5 Å². The van der Waals surface area contributed by atoms with Crippen LogP contribution in [0.15, 0.2) is 42.5 Å². The Kier molecular flexibility index (Phi) is 6.44. The third-order valence-corrected chi connectivity index (χ3v) is 4.93. The molecule has 0 aliphatic carbocycles. The molecule has 2 aromatic carbocycles. The van der Waals surface area contributed by atoms with Crippen LogP contribution in [0.25, 0.3) is 0 Å². The summed E-state index contributed by atoms with van der Waals surface area (Å²) in [5.74, 6) is 1.61. The fourth-order valence-corrected chi connectivity index (χ4v) is 3.33. The number of aldehydes is 1. The highest BCUT2D eigenvalue weighted by Crippen LogP contribution is 2.28. The molecule has 28 heavy (non-hydrogen) atoms. The fourth-order valence-electron chi connectivity index (χ4n) is 3.33. The van der Waals surface area contributed by atoms with E-state index in [1.54, 1.807) is 19.2 Å². The second-order valence-corrected chi connectivity index (χ2v) is 6.63. The first-order valence-corrected chi connectivity index (χ1v) is 9.19. The van der Waals surface area contributed by atoms with E-state index < -0.39 is 4.92 Å². The topological polar surface area (TPSA) is 86.3 Å². The number of nitro benzene ring substituents is 1. The molecule has 1 heterocycles. The third-order valence-electron chi connectivity index (χ3n) is 4.93. The second-order valence-electron chi connectivity index (χ2n) is 6.63. The summed E-state index contributed by atoms with van der Waals surface area (Å²) >= 11 is 0. The van der Waals surface area contributed by atoms with Gasteiger partial charge in [-0.3, -0.25) is 14.9 Å². The Bertz CT molecular complexity index is 817. The largest absolute Gasteiger partial charge is 0.497 e. The number of hydrogen-bond donors (Lipinski definition) is 1. The molecular formula is C20H24N3O5+. The number of methoxy groups -OCH3 is 1. The number of carbonyl (C=O) groups excluding carboxylic acids is 1. The molecule has 2 aromatic rings. The molecule has 0 aromatic heterocycles. The molecule has 0 bridgehead atoms. The Balaban J connectivity index is 1.50. The normalized spacial score (nSPS) is 14.5. The van der Waals surface area contributed by atoms with E-state index in [4.69, 9.17) is 9.47 Å². The number of ether oxygens (including phenoxy) is 2. The summed E-state index contributed by atoms with van der Waals surface area (Å²) in [5.41, 5.74) is 0.871. The molecular weight excluding hydrogens is 362 g/mol. The molecule has 1 saturated heterocycles. The average molecular weight is 386 g/mol. The van der Waals surface area contributed by atoms with E-state index in [-0.39, 0.29) is 5.69 Å². The zero-order valence-corrected chi connectivity index (χ0v) is 15.8. The van der Waals surface area contributed by atoms with Gasteiger partial charge in [0.15, 0.2) is 0 Å². The van der Waals surface area contributed by atoms with Gasteiger partial charge in [-0.05, 0) is 36.4 Å². The zero-order chi connectivity index (χ0) is 19.9. The Morgan fingerprint density at radius 1 is 1.14 bits per heavy atom. The first-order valence-electron chi connectivity index (χ1n) is 9.19. The molecule has 0 saturated carbocycles. The third kappa shape index (κ3) is 4.77. The monoisotopic (exact) mass is 386 g/mol. The molecule has 0 atom stereocenters. The zero-order valence-electron chi connectivity index (χ0n) is 15.8. The van der Waals surface area contributed by atoms with Crippen molar-refractivity contribution in [1.82, 2.24) is 0 Å². The van der Waals surface area contributed by atoms with Crippen LogP contribution in [-0.4, -0.2) is 57.6 Å². The molecule has 1 aliphatic heterocycles. The molecule has 0 spiro atoms. The number of hydrogen-bond acceptors (Lipinski definition) is 6. The Morgan fingerprint density at radius 2 is 1.82 bits per heavy atom. The van der Waals surface area contributed by atoms with Crippen molar-refractivity contribution in [2.75, 3.05) is 51.3 Å². The predicted molar refractivity (Wildman–Crippen MR) is 105 cm³/mol. The quantitative estimate of drug-likeness (QED) is 0.417. The maximum absolute atomic E-state index is 11.3. The number of nitro groups is 1. The lowest BCUT2D eigenvalue weighted by Crippen LogP contribution is -3.15. The summed E-state index contributed by atoms with van der Waals surface area (Å²) in [6.07, 6.45) is 0.627. The van der Waals surface area contributed by atoms with E-state index in [0.29, 0.717) is 24.1 Å². The van der Waals surface area contributed by atoms with E-state index in [1.165, 1.54) is 11.0 Å². The number of carbonyl (C=O) groups is 1. The SMILES string of the molecule is COc1ccc(OCC[NH+]2CCN(c3ccc(C=O)cc3[N+](=O)[O-])CC2)cc1. The number of benzene rings is 2. The van der Waals surface area contributed by atoms with Crippen molar-refractivity contribution >= 4 is 17.7 Å². The maximum atomic E-state index is 11.3. The van der Waals surface area contributed by atoms with Crippen LogP contribution in [0.3, 0.4) is 0 Å². The summed E-state index contributed by atoms with van der Waals surface area (Å²) in [7, 11) is 1.63. The van der Waals surface area contributed by atoms with Gasteiger partial charge in [0, 0.05) is 11.6 Å². The molecule has 3 rings (SSSR count). The van der Waals surface area contributed by atoms with E-state index in [2.05, 4.69) is 0 Å². The van der Waals surface area contributed by atoms with Crippen LogP contribution in [0.2, 0.25) is 0 Å². The average Bonchev–Trinajstić information content (AvgIpc) is 2.74. The van der Waals surface area contributed by atoms with Crippen LogP contribution >= 0.6 is 0 Å². The molecule has 0 radical (unpaired) electrons. The number of anilines is 1. The van der Waals surface area contributed by atoms with Gasteiger partial charge in [0.25, 0.3) is 5.69 Å². The number of quaternary nitrogens is 1. The Hall–Kier alpha value is -3.13. The highest BCUT2D eigenvalue weighted by Gasteiger charge is 2.25. The van der Waals surface area contributed by atoms with Gasteiger partial charge >= 0.3 is 0 Å². The Labute approximate surface area is 163 Å². The number of nitrogens with one attached hydrogen (secondary N) is 1. The van der Waals surface area contributed by atoms with Crippen molar-refractivity contribution in [2.24, 2.45) is 0 Å². The molecule has 8 nitrogen and oxygen atoms in total. The van der Waals surface area contributed by atoms with E-state index in [9.17, 15) is 14.9 Å². The minimum absolute atomic E-state index is 0.0177. The predicted octanol–water partition coefficient (Wildman–Crippen LogP) is 1.20. The van der Waals surface area contributed by atoms with Crippen LogP contribution in [0.4, 0.5) is 11.4 Å². The summed E-state index contributed by atoms with van der Waals surface area (Å²) < 4.78 is 10.9. The highest BCUT2D eigenvalue weighted by molar-refractivity contribution is 5.79. The number of piperazine rings is 1. The lowest BCUT2D eigenvalue weighted by atomic mass is 10.1. The van der Waals surface area contributed by atoms with Gasteiger partial charge in [-0.25, -0.2) is 0 Å². The van der Waals surface area contributed by atoms with Gasteiger partial charge in [-0.1, -0.05) is 0 Å². The second kappa shape index (κ2) is 9.18. The lowest BCUT2D eigenvalue weighted by molar-refractivity contribution is -0.900. The van der Waals surface area contributed by atoms with Crippen molar-refractivity contribution in [1.29, 1.82) is 0 Å². The smallest absolute Gasteiger partial charge is 0.293 e. The van der Waals surface area contributed by atoms with Gasteiger partial charge < -0.3 is 19.3 Å². The molecule has 148 valence electrons. The molecule has 0 unspecified atom stereocenters. The molecule has 1 N–H and O–H groups in total. The van der Waals surface area contributed by atoms with Crippen LogP contribution in [0, 0.1) is 10.1 Å². The molecule has 0 amide bonds. The Morgan fingerprint density at radius 3 is 2.43 bits per heavy atom. The fraction of sp³-hybridized carbons (Fsp3) is 0.350. The van der Waals surface area contributed by atoms with Crippen LogP contribution in [0.1, 0.15) is 10.4 Å². The minimum Gasteiger partial charge on any atom is -0.497 e. The van der Waals surface area contributed by atoms with Crippen molar-refractivity contribution in [2.45, 2.75) is 0 Å². The van der Waals surface area contributed by atoms with Gasteiger partial charge in [-0.2, -0.15) is 0 Å². The minimum atomic E-state index is -0.426. The first-order chi connectivity index (χ1) is 13.6. The van der Waals surface area contributed by atoms with Crippen molar-refractivity contribution in [3.63, 3.8) is 0 Å². The van der Waals surface area contributed by atoms with Crippen LogP contribution < -0.4 is 19.3 Å². The van der Waals surface area contributed by atoms with Crippen molar-refractivity contribution < 1.29 is 24.1 Å². The number of rotatable bonds is 8. The summed E-state index contributed by atoms with van der Waals surface area (Å²) in [6.45, 7) is 4.66. The lowest BCUT2D eigenvalue weighted by Gasteiger charge is -2.33. The summed E-state index contributed by atoms with van der Waals surface area (Å²) in [5, 5.41) is 11.3. The van der Waals surface area contributed by atoms with E-state index in [0.717, 1.165) is 44.2 Å².